The molecule has 1 amide bonds. The molecular formula is C18H18ClF3N2O. The van der Waals surface area contributed by atoms with Crippen molar-refractivity contribution in [3.8, 4) is 0 Å². The van der Waals surface area contributed by atoms with Crippen LogP contribution >= 0.6 is 11.6 Å². The number of carbonyl (C=O) groups excluding carboxylic acids is 1. The lowest BCUT2D eigenvalue weighted by molar-refractivity contribution is -0.137. The first-order chi connectivity index (χ1) is 11.8. The molecule has 2 rings (SSSR count). The molecule has 7 heteroatoms. The highest BCUT2D eigenvalue weighted by molar-refractivity contribution is 6.30. The molecule has 2 aromatic rings. The molecule has 0 aromatic heterocycles. The second kappa shape index (κ2) is 8.36. The van der Waals surface area contributed by atoms with E-state index < -0.39 is 17.6 Å². The molecule has 0 aliphatic carbocycles. The standard InChI is InChI=1S/C18H18ClF3N2O/c1-12-2-4-13(5-3-12)11-23-9-8-17(25)24-16-7-6-14(19)10-15(16)18(20,21)22/h2-7,10,23H,8-9,11H2,1H3,(H,24,25). The molecule has 3 nitrogen and oxygen atoms in total. The maximum Gasteiger partial charge on any atom is 0.418 e. The Balaban J connectivity index is 1.85. The number of halogens is 4. The van der Waals surface area contributed by atoms with Crippen molar-refractivity contribution >= 4 is 23.2 Å². The Hall–Kier alpha value is -2.05. The van der Waals surface area contributed by atoms with Crippen molar-refractivity contribution in [2.45, 2.75) is 26.1 Å². The van der Waals surface area contributed by atoms with E-state index in [1.54, 1.807) is 0 Å². The van der Waals surface area contributed by atoms with E-state index in [9.17, 15) is 18.0 Å². The van der Waals surface area contributed by atoms with Gasteiger partial charge < -0.3 is 10.6 Å². The number of amides is 1. The molecule has 0 atom stereocenters. The Morgan fingerprint density at radius 2 is 1.80 bits per heavy atom. The zero-order chi connectivity index (χ0) is 18.4. The van der Waals surface area contributed by atoms with E-state index in [4.69, 9.17) is 11.6 Å². The fraction of sp³-hybridized carbons (Fsp3) is 0.278. The van der Waals surface area contributed by atoms with Crippen molar-refractivity contribution in [2.75, 3.05) is 11.9 Å². The SMILES string of the molecule is Cc1ccc(CNCCC(=O)Nc2ccc(Cl)cc2C(F)(F)F)cc1. The number of anilines is 1. The van der Waals surface area contributed by atoms with Crippen LogP contribution in [0.3, 0.4) is 0 Å². The van der Waals surface area contributed by atoms with E-state index in [0.717, 1.165) is 23.3 Å². The zero-order valence-electron chi connectivity index (χ0n) is 13.6. The first-order valence-corrected chi connectivity index (χ1v) is 8.06. The third-order valence-corrected chi connectivity index (χ3v) is 3.77. The van der Waals surface area contributed by atoms with Crippen LogP contribution in [0.1, 0.15) is 23.1 Å². The fourth-order valence-electron chi connectivity index (χ4n) is 2.21. The largest absolute Gasteiger partial charge is 0.418 e. The summed E-state index contributed by atoms with van der Waals surface area (Å²) >= 11 is 5.61. The van der Waals surface area contributed by atoms with Gasteiger partial charge in [0.25, 0.3) is 0 Å². The molecule has 0 aliphatic rings. The van der Waals surface area contributed by atoms with Gasteiger partial charge >= 0.3 is 6.18 Å². The molecule has 2 aromatic carbocycles. The van der Waals surface area contributed by atoms with Gasteiger partial charge in [0.1, 0.15) is 0 Å². The van der Waals surface area contributed by atoms with E-state index in [2.05, 4.69) is 10.6 Å². The predicted octanol–water partition coefficient (Wildman–Crippen LogP) is 4.79. The maximum atomic E-state index is 13.0. The van der Waals surface area contributed by atoms with Crippen LogP contribution in [0.4, 0.5) is 18.9 Å². The summed E-state index contributed by atoms with van der Waals surface area (Å²) in [6.45, 7) is 2.93. The van der Waals surface area contributed by atoms with Crippen molar-refractivity contribution in [1.82, 2.24) is 5.32 Å². The Labute approximate surface area is 149 Å². The second-order valence-corrected chi connectivity index (χ2v) is 6.08. The molecular weight excluding hydrogens is 353 g/mol. The van der Waals surface area contributed by atoms with Gasteiger partial charge in [-0.3, -0.25) is 4.79 Å². The molecule has 0 heterocycles. The average molecular weight is 371 g/mol. The fourth-order valence-corrected chi connectivity index (χ4v) is 2.39. The number of aryl methyl sites for hydroxylation is 1. The minimum Gasteiger partial charge on any atom is -0.325 e. The number of benzene rings is 2. The maximum absolute atomic E-state index is 13.0. The second-order valence-electron chi connectivity index (χ2n) is 5.65. The van der Waals surface area contributed by atoms with Gasteiger partial charge in [0.2, 0.25) is 5.91 Å². The minimum atomic E-state index is -4.59. The van der Waals surface area contributed by atoms with Crippen molar-refractivity contribution in [3.63, 3.8) is 0 Å². The van der Waals surface area contributed by atoms with Gasteiger partial charge in [-0.1, -0.05) is 41.4 Å². The monoisotopic (exact) mass is 370 g/mol. The Bertz CT molecular complexity index is 730. The molecule has 134 valence electrons. The van der Waals surface area contributed by atoms with E-state index in [0.29, 0.717) is 13.1 Å². The highest BCUT2D eigenvalue weighted by atomic mass is 35.5. The molecule has 2 N–H and O–H groups in total. The van der Waals surface area contributed by atoms with Crippen LogP contribution in [-0.4, -0.2) is 12.5 Å². The van der Waals surface area contributed by atoms with Crippen LogP contribution in [0.2, 0.25) is 5.02 Å². The molecule has 0 saturated heterocycles. The van der Waals surface area contributed by atoms with Crippen molar-refractivity contribution in [2.24, 2.45) is 0 Å². The Kier molecular flexibility index (Phi) is 6.45. The molecule has 0 aliphatic heterocycles. The zero-order valence-corrected chi connectivity index (χ0v) is 14.3. The Morgan fingerprint density at radius 1 is 1.12 bits per heavy atom. The molecule has 0 unspecified atom stereocenters. The number of nitrogens with one attached hydrogen (secondary N) is 2. The number of alkyl halides is 3. The van der Waals surface area contributed by atoms with Gasteiger partial charge in [-0.25, -0.2) is 0 Å². The van der Waals surface area contributed by atoms with Crippen LogP contribution in [0.5, 0.6) is 0 Å². The van der Waals surface area contributed by atoms with Crippen molar-refractivity contribution in [3.05, 3.63) is 64.2 Å². The molecule has 0 fully saturated rings. The van der Waals surface area contributed by atoms with Gasteiger partial charge in [-0.15, -0.1) is 0 Å². The summed E-state index contributed by atoms with van der Waals surface area (Å²) in [5.41, 5.74) is 0.982. The summed E-state index contributed by atoms with van der Waals surface area (Å²) in [6.07, 6.45) is -4.52. The minimum absolute atomic E-state index is 0.0370. The van der Waals surface area contributed by atoms with E-state index in [1.807, 2.05) is 31.2 Å². The van der Waals surface area contributed by atoms with Crippen LogP contribution in [0.25, 0.3) is 0 Å². The average Bonchev–Trinajstić information content (AvgIpc) is 2.54. The van der Waals surface area contributed by atoms with Crippen LogP contribution in [-0.2, 0) is 17.5 Å². The smallest absolute Gasteiger partial charge is 0.325 e. The van der Waals surface area contributed by atoms with Gasteiger partial charge in [0.05, 0.1) is 11.3 Å². The summed E-state index contributed by atoms with van der Waals surface area (Å²) in [5, 5.41) is 5.34. The molecule has 0 spiro atoms. The van der Waals surface area contributed by atoms with Gasteiger partial charge in [0.15, 0.2) is 0 Å². The van der Waals surface area contributed by atoms with Crippen LogP contribution in [0, 0.1) is 6.92 Å². The molecule has 0 saturated carbocycles. The number of hydrogen-bond acceptors (Lipinski definition) is 2. The number of carbonyl (C=O) groups is 1. The van der Waals surface area contributed by atoms with Gasteiger partial charge in [-0.05, 0) is 30.7 Å². The van der Waals surface area contributed by atoms with Gasteiger partial charge in [0, 0.05) is 24.5 Å². The third kappa shape index (κ3) is 6.07. The van der Waals surface area contributed by atoms with E-state index >= 15 is 0 Å². The first-order valence-electron chi connectivity index (χ1n) is 7.68. The summed E-state index contributed by atoms with van der Waals surface area (Å²) in [7, 11) is 0. The lowest BCUT2D eigenvalue weighted by Crippen LogP contribution is -2.22. The topological polar surface area (TPSA) is 41.1 Å². The summed E-state index contributed by atoms with van der Waals surface area (Å²) in [4.78, 5) is 11.9. The highest BCUT2D eigenvalue weighted by Gasteiger charge is 2.34. The van der Waals surface area contributed by atoms with Gasteiger partial charge in [-0.2, -0.15) is 13.2 Å². The van der Waals surface area contributed by atoms with Crippen LogP contribution < -0.4 is 10.6 Å². The third-order valence-electron chi connectivity index (χ3n) is 3.54. The summed E-state index contributed by atoms with van der Waals surface area (Å²) in [6, 6.07) is 11.2. The van der Waals surface area contributed by atoms with E-state index in [-0.39, 0.29) is 17.1 Å². The van der Waals surface area contributed by atoms with E-state index in [1.165, 1.54) is 6.07 Å². The normalized spacial score (nSPS) is 11.4. The lowest BCUT2D eigenvalue weighted by atomic mass is 10.1. The predicted molar refractivity (Wildman–Crippen MR) is 92.6 cm³/mol. The van der Waals surface area contributed by atoms with Crippen LogP contribution in [0.15, 0.2) is 42.5 Å². The highest BCUT2D eigenvalue weighted by Crippen LogP contribution is 2.36. The summed E-state index contributed by atoms with van der Waals surface area (Å²) < 4.78 is 38.9. The van der Waals surface area contributed by atoms with Crippen molar-refractivity contribution < 1.29 is 18.0 Å². The summed E-state index contributed by atoms with van der Waals surface area (Å²) in [5.74, 6) is -0.496. The Morgan fingerprint density at radius 3 is 2.44 bits per heavy atom. The number of hydrogen-bond donors (Lipinski definition) is 2. The molecule has 25 heavy (non-hydrogen) atoms. The lowest BCUT2D eigenvalue weighted by Gasteiger charge is -2.14. The molecule has 0 radical (unpaired) electrons. The quantitative estimate of drug-likeness (QED) is 0.718. The first kappa shape index (κ1) is 19.3. The van der Waals surface area contributed by atoms with Crippen molar-refractivity contribution in [1.29, 1.82) is 0 Å². The molecule has 0 bridgehead atoms. The number of rotatable bonds is 6.